The molecule has 15 heavy (non-hydrogen) atoms. The molecule has 0 saturated heterocycles. The molecule has 0 radical (unpaired) electrons. The van der Waals surface area contributed by atoms with Crippen molar-refractivity contribution in [2.75, 3.05) is 24.8 Å². The third-order valence-electron chi connectivity index (χ3n) is 1.80. The highest BCUT2D eigenvalue weighted by Gasteiger charge is 2.20. The first-order valence-electron chi connectivity index (χ1n) is 5.00. The van der Waals surface area contributed by atoms with E-state index in [4.69, 9.17) is 16.3 Å². The summed E-state index contributed by atoms with van der Waals surface area (Å²) in [5, 5.41) is 0. The van der Waals surface area contributed by atoms with Crippen molar-refractivity contribution >= 4 is 21.6 Å². The second kappa shape index (κ2) is 6.68. The number of nitrogens with one attached hydrogen (secondary N) is 1. The topological polar surface area (TPSA) is 55.4 Å². The Bertz CT molecular complexity index is 265. The number of hydrogen-bond donors (Lipinski definition) is 1. The van der Waals surface area contributed by atoms with Crippen molar-refractivity contribution in [2.24, 2.45) is 0 Å². The van der Waals surface area contributed by atoms with Crippen molar-refractivity contribution in [1.29, 1.82) is 0 Å². The minimum atomic E-state index is -3.21. The minimum Gasteiger partial charge on any atom is -0.375 e. The van der Waals surface area contributed by atoms with E-state index in [-0.39, 0.29) is 12.3 Å². The van der Waals surface area contributed by atoms with Crippen molar-refractivity contribution in [3.05, 3.63) is 0 Å². The van der Waals surface area contributed by atoms with Gasteiger partial charge in [-0.25, -0.2) is 13.1 Å². The summed E-state index contributed by atoms with van der Waals surface area (Å²) in [6.45, 7) is 6.42. The first-order chi connectivity index (χ1) is 6.83. The summed E-state index contributed by atoms with van der Waals surface area (Å²) in [5.41, 5.74) is -0.469. The van der Waals surface area contributed by atoms with Crippen LogP contribution in [0.3, 0.4) is 0 Å². The van der Waals surface area contributed by atoms with Crippen LogP contribution in [0.25, 0.3) is 0 Å². The number of rotatable bonds is 8. The van der Waals surface area contributed by atoms with Gasteiger partial charge in [0.05, 0.1) is 11.4 Å². The van der Waals surface area contributed by atoms with E-state index in [9.17, 15) is 8.42 Å². The Morgan fingerprint density at radius 1 is 1.40 bits per heavy atom. The fourth-order valence-corrected chi connectivity index (χ4v) is 2.57. The molecule has 0 spiro atoms. The lowest BCUT2D eigenvalue weighted by molar-refractivity contribution is -0.00514. The Labute approximate surface area is 97.4 Å². The number of ether oxygens (including phenoxy) is 1. The molecular formula is C9H20ClNO3S. The van der Waals surface area contributed by atoms with Crippen LogP contribution in [0, 0.1) is 0 Å². The van der Waals surface area contributed by atoms with Gasteiger partial charge < -0.3 is 4.74 Å². The van der Waals surface area contributed by atoms with Crippen molar-refractivity contribution < 1.29 is 13.2 Å². The summed E-state index contributed by atoms with van der Waals surface area (Å²) in [6.07, 6.45) is 0.464. The van der Waals surface area contributed by atoms with E-state index < -0.39 is 15.6 Å². The number of halogens is 1. The van der Waals surface area contributed by atoms with E-state index in [1.54, 1.807) is 0 Å². The van der Waals surface area contributed by atoms with Crippen LogP contribution in [0.2, 0.25) is 0 Å². The van der Waals surface area contributed by atoms with Crippen molar-refractivity contribution in [3.63, 3.8) is 0 Å². The Balaban J connectivity index is 4.02. The zero-order chi connectivity index (χ0) is 11.9. The number of sulfonamides is 1. The average molecular weight is 258 g/mol. The molecule has 1 N–H and O–H groups in total. The lowest BCUT2D eigenvalue weighted by Crippen LogP contribution is -2.41. The maximum Gasteiger partial charge on any atom is 0.211 e. The van der Waals surface area contributed by atoms with Crippen LogP contribution in [0.1, 0.15) is 27.2 Å². The zero-order valence-electron chi connectivity index (χ0n) is 9.55. The van der Waals surface area contributed by atoms with Crippen LogP contribution in [-0.4, -0.2) is 38.8 Å². The minimum absolute atomic E-state index is 0.0682. The van der Waals surface area contributed by atoms with Crippen LogP contribution in [0.4, 0.5) is 0 Å². The molecule has 0 aromatic carbocycles. The second-order valence-electron chi connectivity index (χ2n) is 3.88. The highest BCUT2D eigenvalue weighted by molar-refractivity contribution is 7.89. The van der Waals surface area contributed by atoms with Crippen LogP contribution in [0.5, 0.6) is 0 Å². The summed E-state index contributed by atoms with van der Waals surface area (Å²) in [4.78, 5) is 0. The Kier molecular flexibility index (Phi) is 6.75. The second-order valence-corrected chi connectivity index (χ2v) is 6.18. The van der Waals surface area contributed by atoms with Gasteiger partial charge >= 0.3 is 0 Å². The van der Waals surface area contributed by atoms with E-state index >= 15 is 0 Å². The van der Waals surface area contributed by atoms with Crippen molar-refractivity contribution in [1.82, 2.24) is 4.72 Å². The fourth-order valence-electron chi connectivity index (χ4n) is 1.04. The molecule has 0 heterocycles. The lowest BCUT2D eigenvalue weighted by atomic mass is 10.1. The molecule has 0 atom stereocenters. The first kappa shape index (κ1) is 15.2. The standard InChI is InChI=1S/C9H20ClNO3S/c1-4-14-9(2,3)8-11-15(12,13)7-5-6-10/h11H,4-8H2,1-3H3. The monoisotopic (exact) mass is 257 g/mol. The molecule has 0 aliphatic carbocycles. The summed E-state index contributed by atoms with van der Waals surface area (Å²) < 4.78 is 30.7. The maximum absolute atomic E-state index is 11.4. The van der Waals surface area contributed by atoms with Gasteiger partial charge in [0.2, 0.25) is 10.0 Å². The molecular weight excluding hydrogens is 238 g/mol. The molecule has 0 unspecified atom stereocenters. The summed E-state index contributed by atoms with van der Waals surface area (Å²) in [7, 11) is -3.21. The third kappa shape index (κ3) is 8.02. The Morgan fingerprint density at radius 3 is 2.47 bits per heavy atom. The molecule has 0 bridgehead atoms. The number of alkyl halides is 1. The Hall–Kier alpha value is 0.160. The molecule has 0 rings (SSSR count). The smallest absolute Gasteiger partial charge is 0.211 e. The van der Waals surface area contributed by atoms with E-state index in [0.29, 0.717) is 18.9 Å². The van der Waals surface area contributed by atoms with Gasteiger partial charge in [0.1, 0.15) is 0 Å². The normalized spacial score (nSPS) is 13.1. The van der Waals surface area contributed by atoms with Gasteiger partial charge in [0.25, 0.3) is 0 Å². The van der Waals surface area contributed by atoms with Gasteiger partial charge in [-0.3, -0.25) is 0 Å². The van der Waals surface area contributed by atoms with Crippen molar-refractivity contribution in [3.8, 4) is 0 Å². The van der Waals surface area contributed by atoms with Gasteiger partial charge in [-0.15, -0.1) is 11.6 Å². The van der Waals surface area contributed by atoms with E-state index in [1.165, 1.54) is 0 Å². The highest BCUT2D eigenvalue weighted by atomic mass is 35.5. The summed E-state index contributed by atoms with van der Waals surface area (Å²) >= 11 is 5.43. The van der Waals surface area contributed by atoms with Gasteiger partial charge in [0.15, 0.2) is 0 Å². The molecule has 6 heteroatoms. The molecule has 92 valence electrons. The third-order valence-corrected chi connectivity index (χ3v) is 3.48. The van der Waals surface area contributed by atoms with E-state index in [2.05, 4.69) is 4.72 Å². The van der Waals surface area contributed by atoms with Crippen LogP contribution in [-0.2, 0) is 14.8 Å². The summed E-state index contributed by atoms with van der Waals surface area (Å²) in [6, 6.07) is 0. The number of hydrogen-bond acceptors (Lipinski definition) is 3. The highest BCUT2D eigenvalue weighted by Crippen LogP contribution is 2.07. The average Bonchev–Trinajstić information content (AvgIpc) is 2.12. The zero-order valence-corrected chi connectivity index (χ0v) is 11.1. The maximum atomic E-state index is 11.4. The molecule has 0 fully saturated rings. The predicted molar refractivity (Wildman–Crippen MR) is 62.8 cm³/mol. The predicted octanol–water partition coefficient (Wildman–Crippen LogP) is 1.35. The Morgan fingerprint density at radius 2 is 2.00 bits per heavy atom. The molecule has 0 saturated carbocycles. The molecule has 0 aliphatic heterocycles. The summed E-state index contributed by atoms with van der Waals surface area (Å²) in [5.74, 6) is 0.425. The van der Waals surface area contributed by atoms with E-state index in [1.807, 2.05) is 20.8 Å². The van der Waals surface area contributed by atoms with Gasteiger partial charge in [-0.1, -0.05) is 0 Å². The van der Waals surface area contributed by atoms with Gasteiger partial charge in [0, 0.05) is 19.0 Å². The van der Waals surface area contributed by atoms with Crippen LogP contribution < -0.4 is 4.72 Å². The molecule has 0 aliphatic rings. The van der Waals surface area contributed by atoms with Crippen molar-refractivity contribution in [2.45, 2.75) is 32.8 Å². The van der Waals surface area contributed by atoms with Crippen LogP contribution >= 0.6 is 11.6 Å². The molecule has 4 nitrogen and oxygen atoms in total. The van der Waals surface area contributed by atoms with E-state index in [0.717, 1.165) is 0 Å². The first-order valence-corrected chi connectivity index (χ1v) is 7.19. The van der Waals surface area contributed by atoms with Gasteiger partial charge in [-0.2, -0.15) is 0 Å². The SMILES string of the molecule is CCOC(C)(C)CNS(=O)(=O)CCCCl. The van der Waals surface area contributed by atoms with Crippen LogP contribution in [0.15, 0.2) is 0 Å². The fraction of sp³-hybridized carbons (Fsp3) is 1.00. The molecule has 0 aromatic heterocycles. The molecule has 0 amide bonds. The largest absolute Gasteiger partial charge is 0.375 e. The molecule has 0 aromatic rings. The quantitative estimate of drug-likeness (QED) is 0.668. The van der Waals surface area contributed by atoms with Gasteiger partial charge in [-0.05, 0) is 27.2 Å². The lowest BCUT2D eigenvalue weighted by Gasteiger charge is -2.24.